The van der Waals surface area contributed by atoms with E-state index < -0.39 is 5.91 Å². The molecule has 0 bridgehead atoms. The molecule has 2 aromatic rings. The lowest BCUT2D eigenvalue weighted by Crippen LogP contribution is -2.48. The second-order valence-corrected chi connectivity index (χ2v) is 6.98. The Morgan fingerprint density at radius 3 is 2.24 bits per heavy atom. The predicted molar refractivity (Wildman–Crippen MR) is 115 cm³/mol. The van der Waals surface area contributed by atoms with Crippen molar-refractivity contribution in [1.29, 1.82) is 0 Å². The molecule has 1 heterocycles. The van der Waals surface area contributed by atoms with Crippen molar-refractivity contribution in [3.05, 3.63) is 76.8 Å². The second kappa shape index (κ2) is 9.91. The summed E-state index contributed by atoms with van der Waals surface area (Å²) < 4.78 is 0. The minimum Gasteiger partial charge on any atom is -0.367 e. The number of rotatable bonds is 5. The van der Waals surface area contributed by atoms with Crippen molar-refractivity contribution in [3.63, 3.8) is 0 Å². The number of anilines is 1. The Morgan fingerprint density at radius 2 is 1.59 bits per heavy atom. The number of hydroxylamine groups is 1. The van der Waals surface area contributed by atoms with Crippen LogP contribution < -0.4 is 10.4 Å². The SMILES string of the molecule is O=C(/C=C/c1cccc(/C=C/C(=O)N2CCN(c3ccccc3Cl)CC2)c1)NO. The van der Waals surface area contributed by atoms with Crippen molar-refractivity contribution in [2.45, 2.75) is 0 Å². The van der Waals surface area contributed by atoms with Crippen LogP contribution in [0.4, 0.5) is 5.69 Å². The third kappa shape index (κ3) is 5.70. The molecule has 1 saturated heterocycles. The van der Waals surface area contributed by atoms with Gasteiger partial charge in [0.1, 0.15) is 0 Å². The summed E-state index contributed by atoms with van der Waals surface area (Å²) in [4.78, 5) is 27.6. The zero-order valence-corrected chi connectivity index (χ0v) is 16.5. The van der Waals surface area contributed by atoms with Crippen LogP contribution in [0, 0.1) is 0 Å². The summed E-state index contributed by atoms with van der Waals surface area (Å²) in [7, 11) is 0. The number of amides is 2. The molecule has 2 amide bonds. The molecule has 2 N–H and O–H groups in total. The Balaban J connectivity index is 1.57. The van der Waals surface area contributed by atoms with Crippen LogP contribution in [0.3, 0.4) is 0 Å². The number of nitrogens with zero attached hydrogens (tertiary/aromatic N) is 2. The van der Waals surface area contributed by atoms with Gasteiger partial charge in [-0.15, -0.1) is 0 Å². The van der Waals surface area contributed by atoms with Crippen molar-refractivity contribution in [2.24, 2.45) is 0 Å². The van der Waals surface area contributed by atoms with Crippen LogP contribution in [-0.2, 0) is 9.59 Å². The van der Waals surface area contributed by atoms with E-state index in [9.17, 15) is 9.59 Å². The van der Waals surface area contributed by atoms with Gasteiger partial charge < -0.3 is 9.80 Å². The van der Waals surface area contributed by atoms with Crippen LogP contribution in [0.2, 0.25) is 5.02 Å². The fourth-order valence-corrected chi connectivity index (χ4v) is 3.38. The minimum atomic E-state index is -0.600. The molecule has 6 nitrogen and oxygen atoms in total. The molecule has 0 aromatic heterocycles. The largest absolute Gasteiger partial charge is 0.367 e. The third-order valence-corrected chi connectivity index (χ3v) is 4.97. The monoisotopic (exact) mass is 411 g/mol. The van der Waals surface area contributed by atoms with Gasteiger partial charge in [-0.25, -0.2) is 5.48 Å². The van der Waals surface area contributed by atoms with Gasteiger partial charge in [0.15, 0.2) is 0 Å². The molecule has 0 atom stereocenters. The molecule has 1 fully saturated rings. The van der Waals surface area contributed by atoms with Crippen molar-refractivity contribution >= 4 is 41.3 Å². The standard InChI is InChI=1S/C22H22ClN3O3/c23-19-6-1-2-7-20(19)25-12-14-26(15-13-25)22(28)11-9-18-5-3-4-17(16-18)8-10-21(27)24-29/h1-11,16,29H,12-15H2,(H,24,27)/b10-8+,11-9+. The molecule has 7 heteroatoms. The number of hydrogen-bond acceptors (Lipinski definition) is 4. The Hall–Kier alpha value is -3.09. The highest BCUT2D eigenvalue weighted by Gasteiger charge is 2.20. The van der Waals surface area contributed by atoms with Gasteiger partial charge in [-0.05, 0) is 41.5 Å². The average Bonchev–Trinajstić information content (AvgIpc) is 2.76. The molecule has 0 unspecified atom stereocenters. The van der Waals surface area contributed by atoms with Crippen LogP contribution in [0.1, 0.15) is 11.1 Å². The van der Waals surface area contributed by atoms with Gasteiger partial charge in [0.05, 0.1) is 10.7 Å². The highest BCUT2D eigenvalue weighted by Crippen LogP contribution is 2.26. The molecule has 150 valence electrons. The first kappa shape index (κ1) is 20.6. The number of carbonyl (C=O) groups excluding carboxylic acids is 2. The van der Waals surface area contributed by atoms with Crippen molar-refractivity contribution in [3.8, 4) is 0 Å². The van der Waals surface area contributed by atoms with E-state index in [4.69, 9.17) is 16.8 Å². The minimum absolute atomic E-state index is 0.0376. The molecule has 3 rings (SSSR count). The molecule has 0 saturated carbocycles. The second-order valence-electron chi connectivity index (χ2n) is 6.58. The Labute approximate surface area is 174 Å². The lowest BCUT2D eigenvalue weighted by Gasteiger charge is -2.36. The topological polar surface area (TPSA) is 72.9 Å². The van der Waals surface area contributed by atoms with E-state index in [0.29, 0.717) is 13.1 Å². The van der Waals surface area contributed by atoms with E-state index in [1.807, 2.05) is 53.4 Å². The lowest BCUT2D eigenvalue weighted by molar-refractivity contribution is -0.126. The van der Waals surface area contributed by atoms with E-state index in [1.54, 1.807) is 23.7 Å². The smallest absolute Gasteiger partial charge is 0.267 e. The zero-order chi connectivity index (χ0) is 20.6. The summed E-state index contributed by atoms with van der Waals surface area (Å²) >= 11 is 6.26. The van der Waals surface area contributed by atoms with E-state index in [0.717, 1.165) is 34.9 Å². The average molecular weight is 412 g/mol. The summed E-state index contributed by atoms with van der Waals surface area (Å²) in [5, 5.41) is 9.24. The molecular formula is C22H22ClN3O3. The van der Waals surface area contributed by atoms with Crippen LogP contribution >= 0.6 is 11.6 Å². The summed E-state index contributed by atoms with van der Waals surface area (Å²) in [6.45, 7) is 2.73. The zero-order valence-electron chi connectivity index (χ0n) is 15.8. The van der Waals surface area contributed by atoms with Crippen LogP contribution in [0.5, 0.6) is 0 Å². The number of hydrogen-bond donors (Lipinski definition) is 2. The molecule has 0 radical (unpaired) electrons. The maximum absolute atomic E-state index is 12.5. The molecule has 1 aliphatic heterocycles. The fraction of sp³-hybridized carbons (Fsp3) is 0.182. The molecule has 0 spiro atoms. The Kier molecular flexibility index (Phi) is 7.05. The van der Waals surface area contributed by atoms with Gasteiger partial charge in [0.25, 0.3) is 5.91 Å². The molecule has 1 aliphatic rings. The normalized spacial score (nSPS) is 14.6. The Bertz CT molecular complexity index is 934. The fourth-order valence-electron chi connectivity index (χ4n) is 3.12. The van der Waals surface area contributed by atoms with E-state index in [-0.39, 0.29) is 5.91 Å². The van der Waals surface area contributed by atoms with Gasteiger partial charge in [-0.2, -0.15) is 0 Å². The summed E-state index contributed by atoms with van der Waals surface area (Å²) in [5.74, 6) is -0.638. The highest BCUT2D eigenvalue weighted by atomic mass is 35.5. The number of nitrogens with one attached hydrogen (secondary N) is 1. The number of halogens is 1. The highest BCUT2D eigenvalue weighted by molar-refractivity contribution is 6.33. The maximum Gasteiger partial charge on any atom is 0.267 e. The number of piperazine rings is 1. The van der Waals surface area contributed by atoms with Crippen molar-refractivity contribution in [1.82, 2.24) is 10.4 Å². The van der Waals surface area contributed by atoms with E-state index in [1.165, 1.54) is 6.08 Å². The first-order valence-corrected chi connectivity index (χ1v) is 9.63. The van der Waals surface area contributed by atoms with E-state index in [2.05, 4.69) is 4.90 Å². The quantitative estimate of drug-likeness (QED) is 0.450. The van der Waals surface area contributed by atoms with Crippen molar-refractivity contribution < 1.29 is 14.8 Å². The van der Waals surface area contributed by atoms with Crippen LogP contribution in [0.15, 0.2) is 60.7 Å². The van der Waals surface area contributed by atoms with Gasteiger partial charge in [-0.1, -0.05) is 41.9 Å². The maximum atomic E-state index is 12.5. The third-order valence-electron chi connectivity index (χ3n) is 4.65. The summed E-state index contributed by atoms with van der Waals surface area (Å²) in [6, 6.07) is 15.1. The molecule has 29 heavy (non-hydrogen) atoms. The number of para-hydroxylation sites is 1. The predicted octanol–water partition coefficient (Wildman–Crippen LogP) is 3.22. The first-order chi connectivity index (χ1) is 14.1. The molecule has 0 aliphatic carbocycles. The molecular weight excluding hydrogens is 390 g/mol. The first-order valence-electron chi connectivity index (χ1n) is 9.25. The lowest BCUT2D eigenvalue weighted by atomic mass is 10.1. The van der Waals surface area contributed by atoms with Gasteiger partial charge in [0, 0.05) is 38.3 Å². The molecule has 2 aromatic carbocycles. The van der Waals surface area contributed by atoms with Gasteiger partial charge in [0.2, 0.25) is 5.91 Å². The summed E-state index contributed by atoms with van der Waals surface area (Å²) in [6.07, 6.45) is 6.13. The van der Waals surface area contributed by atoms with Crippen molar-refractivity contribution in [2.75, 3.05) is 31.1 Å². The number of carbonyl (C=O) groups is 2. The van der Waals surface area contributed by atoms with E-state index >= 15 is 0 Å². The Morgan fingerprint density at radius 1 is 0.931 bits per heavy atom. The van der Waals surface area contributed by atoms with Gasteiger partial charge in [-0.3, -0.25) is 14.8 Å². The number of benzene rings is 2. The van der Waals surface area contributed by atoms with Gasteiger partial charge >= 0.3 is 0 Å². The summed E-state index contributed by atoms with van der Waals surface area (Å²) in [5.41, 5.74) is 4.17. The van der Waals surface area contributed by atoms with Crippen LogP contribution in [0.25, 0.3) is 12.2 Å². The van der Waals surface area contributed by atoms with Crippen LogP contribution in [-0.4, -0.2) is 48.1 Å².